The van der Waals surface area contributed by atoms with Gasteiger partial charge in [0.2, 0.25) is 20.0 Å². The van der Waals surface area contributed by atoms with Crippen molar-refractivity contribution in [3.8, 4) is 0 Å². The highest BCUT2D eigenvalue weighted by atomic mass is 32.2. The minimum atomic E-state index is -3.82. The van der Waals surface area contributed by atoms with E-state index in [0.29, 0.717) is 0 Å². The molecular formula is C11H18N2O4S2. The molecule has 0 radical (unpaired) electrons. The fourth-order valence-electron chi connectivity index (χ4n) is 1.20. The van der Waals surface area contributed by atoms with Crippen LogP contribution in [0.15, 0.2) is 34.1 Å². The fraction of sp³-hybridized carbons (Fsp3) is 0.455. The zero-order chi connectivity index (χ0) is 14.9. The van der Waals surface area contributed by atoms with Crippen molar-refractivity contribution < 1.29 is 16.8 Å². The first kappa shape index (κ1) is 16.1. The van der Waals surface area contributed by atoms with Crippen LogP contribution in [0, 0.1) is 5.41 Å². The lowest BCUT2D eigenvalue weighted by atomic mass is 9.98. The summed E-state index contributed by atoms with van der Waals surface area (Å²) < 4.78 is 48.5. The second-order valence-corrected chi connectivity index (χ2v) is 8.73. The molecule has 8 heteroatoms. The Hall–Kier alpha value is -0.960. The molecule has 0 fully saturated rings. The number of benzene rings is 1. The van der Waals surface area contributed by atoms with Crippen molar-refractivity contribution in [1.29, 1.82) is 0 Å². The van der Waals surface area contributed by atoms with E-state index < -0.39 is 20.0 Å². The Balaban J connectivity index is 2.98. The van der Waals surface area contributed by atoms with Crippen molar-refractivity contribution >= 4 is 20.0 Å². The molecule has 0 saturated heterocycles. The summed E-state index contributed by atoms with van der Waals surface area (Å²) in [7, 11) is -7.46. The molecule has 1 aromatic rings. The predicted molar refractivity (Wildman–Crippen MR) is 72.5 cm³/mol. The Labute approximate surface area is 114 Å². The minimum Gasteiger partial charge on any atom is -0.225 e. The molecule has 0 spiro atoms. The molecule has 0 heterocycles. The molecule has 3 N–H and O–H groups in total. The highest BCUT2D eigenvalue weighted by Crippen LogP contribution is 2.16. The SMILES string of the molecule is CC(C)(C)CNS(=O)(=O)c1ccc(S(N)(=O)=O)cc1. The summed E-state index contributed by atoms with van der Waals surface area (Å²) in [5.41, 5.74) is -0.187. The molecular weight excluding hydrogens is 288 g/mol. The average Bonchev–Trinajstić information content (AvgIpc) is 2.25. The molecule has 0 atom stereocenters. The Morgan fingerprint density at radius 2 is 1.42 bits per heavy atom. The second kappa shape index (κ2) is 5.20. The van der Waals surface area contributed by atoms with Crippen LogP contribution >= 0.6 is 0 Å². The summed E-state index contributed by atoms with van der Waals surface area (Å²) in [6.07, 6.45) is 0. The van der Waals surface area contributed by atoms with E-state index in [4.69, 9.17) is 5.14 Å². The first-order valence-corrected chi connectivity index (χ1v) is 8.57. The Kier molecular flexibility index (Phi) is 4.40. The van der Waals surface area contributed by atoms with Crippen LogP contribution in [0.1, 0.15) is 20.8 Å². The van der Waals surface area contributed by atoms with Gasteiger partial charge >= 0.3 is 0 Å². The minimum absolute atomic E-state index is 0.00384. The van der Waals surface area contributed by atoms with Crippen molar-refractivity contribution in [3.63, 3.8) is 0 Å². The van der Waals surface area contributed by atoms with Crippen LogP contribution in [-0.2, 0) is 20.0 Å². The van der Waals surface area contributed by atoms with E-state index in [1.54, 1.807) is 0 Å². The Morgan fingerprint density at radius 3 is 1.79 bits per heavy atom. The van der Waals surface area contributed by atoms with E-state index in [-0.39, 0.29) is 21.8 Å². The number of rotatable bonds is 4. The molecule has 0 amide bonds. The third-order valence-electron chi connectivity index (χ3n) is 2.26. The molecule has 0 aliphatic heterocycles. The molecule has 19 heavy (non-hydrogen) atoms. The average molecular weight is 306 g/mol. The highest BCUT2D eigenvalue weighted by Gasteiger charge is 2.19. The van der Waals surface area contributed by atoms with Crippen molar-refractivity contribution in [3.05, 3.63) is 24.3 Å². The third-order valence-corrected chi connectivity index (χ3v) is 4.60. The summed E-state index contributed by atoms with van der Waals surface area (Å²) in [5.74, 6) is 0. The smallest absolute Gasteiger partial charge is 0.225 e. The summed E-state index contributed by atoms with van der Waals surface area (Å²) in [6, 6.07) is 4.76. The molecule has 1 rings (SSSR count). The van der Waals surface area contributed by atoms with Gasteiger partial charge in [0, 0.05) is 6.54 Å². The molecule has 0 aliphatic carbocycles. The zero-order valence-electron chi connectivity index (χ0n) is 11.0. The predicted octanol–water partition coefficient (Wildman–Crippen LogP) is 0.658. The van der Waals surface area contributed by atoms with Gasteiger partial charge in [-0.05, 0) is 29.7 Å². The first-order chi connectivity index (χ1) is 8.42. The van der Waals surface area contributed by atoms with Gasteiger partial charge in [0.25, 0.3) is 0 Å². The first-order valence-electron chi connectivity index (χ1n) is 5.54. The van der Waals surface area contributed by atoms with Gasteiger partial charge in [-0.2, -0.15) is 0 Å². The van der Waals surface area contributed by atoms with E-state index in [2.05, 4.69) is 4.72 Å². The molecule has 0 unspecified atom stereocenters. The van der Waals surface area contributed by atoms with E-state index in [1.807, 2.05) is 20.8 Å². The highest BCUT2D eigenvalue weighted by molar-refractivity contribution is 7.89. The maximum Gasteiger partial charge on any atom is 0.240 e. The number of hydrogen-bond donors (Lipinski definition) is 2. The van der Waals surface area contributed by atoms with Gasteiger partial charge in [-0.25, -0.2) is 26.7 Å². The fourth-order valence-corrected chi connectivity index (χ4v) is 3.00. The second-order valence-electron chi connectivity index (χ2n) is 5.40. The summed E-state index contributed by atoms with van der Waals surface area (Å²) in [4.78, 5) is -0.119. The molecule has 0 aliphatic rings. The third kappa shape index (κ3) is 4.90. The molecule has 0 bridgehead atoms. The molecule has 1 aromatic carbocycles. The maximum absolute atomic E-state index is 11.9. The number of nitrogens with one attached hydrogen (secondary N) is 1. The number of primary sulfonamides is 1. The zero-order valence-corrected chi connectivity index (χ0v) is 12.7. The molecule has 108 valence electrons. The van der Waals surface area contributed by atoms with Crippen LogP contribution in [-0.4, -0.2) is 23.4 Å². The van der Waals surface area contributed by atoms with Gasteiger partial charge in [-0.15, -0.1) is 0 Å². The number of hydrogen-bond acceptors (Lipinski definition) is 4. The lowest BCUT2D eigenvalue weighted by molar-refractivity contribution is 0.407. The van der Waals surface area contributed by atoms with Gasteiger partial charge < -0.3 is 0 Å². The van der Waals surface area contributed by atoms with Crippen LogP contribution in [0.25, 0.3) is 0 Å². The van der Waals surface area contributed by atoms with Crippen LogP contribution in [0.5, 0.6) is 0 Å². The summed E-state index contributed by atoms with van der Waals surface area (Å²) in [5, 5.41) is 4.94. The summed E-state index contributed by atoms with van der Waals surface area (Å²) in [6.45, 7) is 5.99. The van der Waals surface area contributed by atoms with Gasteiger partial charge in [0.15, 0.2) is 0 Å². The summed E-state index contributed by atoms with van der Waals surface area (Å²) >= 11 is 0. The molecule has 0 saturated carbocycles. The van der Waals surface area contributed by atoms with Gasteiger partial charge in [-0.3, -0.25) is 0 Å². The van der Waals surface area contributed by atoms with Crippen LogP contribution < -0.4 is 9.86 Å². The van der Waals surface area contributed by atoms with Crippen LogP contribution in [0.2, 0.25) is 0 Å². The van der Waals surface area contributed by atoms with Crippen molar-refractivity contribution in [2.45, 2.75) is 30.6 Å². The van der Waals surface area contributed by atoms with Crippen molar-refractivity contribution in [2.24, 2.45) is 10.6 Å². The molecule has 6 nitrogen and oxygen atoms in total. The number of nitrogens with two attached hydrogens (primary N) is 1. The van der Waals surface area contributed by atoms with E-state index in [9.17, 15) is 16.8 Å². The Morgan fingerprint density at radius 1 is 1.00 bits per heavy atom. The quantitative estimate of drug-likeness (QED) is 0.852. The van der Waals surface area contributed by atoms with Crippen molar-refractivity contribution in [1.82, 2.24) is 4.72 Å². The van der Waals surface area contributed by atoms with Crippen LogP contribution in [0.3, 0.4) is 0 Å². The largest absolute Gasteiger partial charge is 0.240 e. The van der Waals surface area contributed by atoms with Crippen molar-refractivity contribution in [2.75, 3.05) is 6.54 Å². The Bertz CT molecular complexity index is 641. The topological polar surface area (TPSA) is 106 Å². The normalized spacial score (nSPS) is 13.5. The number of sulfonamides is 2. The van der Waals surface area contributed by atoms with E-state index in [1.165, 1.54) is 24.3 Å². The lowest BCUT2D eigenvalue weighted by Crippen LogP contribution is -2.32. The van der Waals surface area contributed by atoms with E-state index >= 15 is 0 Å². The monoisotopic (exact) mass is 306 g/mol. The standard InChI is InChI=1S/C11H18N2O4S2/c1-11(2,3)8-13-19(16,17)10-6-4-9(5-7-10)18(12,14)15/h4-7,13H,8H2,1-3H3,(H2,12,14,15). The van der Waals surface area contributed by atoms with Gasteiger partial charge in [0.1, 0.15) is 0 Å². The molecule has 0 aromatic heterocycles. The van der Waals surface area contributed by atoms with Gasteiger partial charge in [0.05, 0.1) is 9.79 Å². The van der Waals surface area contributed by atoms with E-state index in [0.717, 1.165) is 0 Å². The maximum atomic E-state index is 11.9. The lowest BCUT2D eigenvalue weighted by Gasteiger charge is -2.18. The van der Waals surface area contributed by atoms with Gasteiger partial charge in [-0.1, -0.05) is 20.8 Å². The van der Waals surface area contributed by atoms with Crippen LogP contribution in [0.4, 0.5) is 0 Å².